The molecule has 1 aromatic carbocycles. The van der Waals surface area contributed by atoms with Crippen LogP contribution in [0.15, 0.2) is 54.2 Å². The van der Waals surface area contributed by atoms with E-state index >= 15 is 0 Å². The fourth-order valence-corrected chi connectivity index (χ4v) is 2.60. The van der Waals surface area contributed by atoms with Gasteiger partial charge in [0.25, 0.3) is 0 Å². The standard InChI is InChI=1S/C14H12N2OS/c17-12-5-3-11(4-6-12)10-16-8-7-15-14(16)13-2-1-9-18-13/h1-9,17H,10H2. The average molecular weight is 256 g/mol. The lowest BCUT2D eigenvalue weighted by Crippen LogP contribution is -1.99. The van der Waals surface area contributed by atoms with Gasteiger partial charge in [0.2, 0.25) is 0 Å². The number of imidazole rings is 1. The zero-order chi connectivity index (χ0) is 12.4. The van der Waals surface area contributed by atoms with Crippen molar-refractivity contribution in [3.63, 3.8) is 0 Å². The summed E-state index contributed by atoms with van der Waals surface area (Å²) in [5, 5.41) is 11.3. The number of phenolic OH excluding ortho intramolecular Hbond substituents is 1. The van der Waals surface area contributed by atoms with Crippen LogP contribution in [0.1, 0.15) is 5.56 Å². The lowest BCUT2D eigenvalue weighted by atomic mass is 10.2. The molecule has 0 aliphatic rings. The molecule has 0 aliphatic heterocycles. The van der Waals surface area contributed by atoms with Gasteiger partial charge in [0.15, 0.2) is 0 Å². The van der Waals surface area contributed by atoms with Crippen molar-refractivity contribution in [1.29, 1.82) is 0 Å². The second kappa shape index (κ2) is 4.66. The molecule has 0 fully saturated rings. The summed E-state index contributed by atoms with van der Waals surface area (Å²) in [5.74, 6) is 1.28. The lowest BCUT2D eigenvalue weighted by Gasteiger charge is -2.06. The number of thiophene rings is 1. The van der Waals surface area contributed by atoms with Crippen LogP contribution in [0.3, 0.4) is 0 Å². The molecule has 3 nitrogen and oxygen atoms in total. The molecule has 1 N–H and O–H groups in total. The number of hydrogen-bond acceptors (Lipinski definition) is 3. The van der Waals surface area contributed by atoms with Gasteiger partial charge in [-0.2, -0.15) is 0 Å². The molecule has 0 saturated carbocycles. The third kappa shape index (κ3) is 2.15. The average Bonchev–Trinajstić information content (AvgIpc) is 3.02. The van der Waals surface area contributed by atoms with E-state index in [0.29, 0.717) is 5.75 Å². The Balaban J connectivity index is 1.90. The smallest absolute Gasteiger partial charge is 0.150 e. The van der Waals surface area contributed by atoms with E-state index in [-0.39, 0.29) is 0 Å². The lowest BCUT2D eigenvalue weighted by molar-refractivity contribution is 0.475. The summed E-state index contributed by atoms with van der Waals surface area (Å²) in [6.45, 7) is 0.757. The predicted molar refractivity (Wildman–Crippen MR) is 72.7 cm³/mol. The summed E-state index contributed by atoms with van der Waals surface area (Å²) < 4.78 is 2.11. The highest BCUT2D eigenvalue weighted by Gasteiger charge is 2.06. The van der Waals surface area contributed by atoms with Crippen LogP contribution in [0, 0.1) is 0 Å². The summed E-state index contributed by atoms with van der Waals surface area (Å²) in [4.78, 5) is 5.56. The maximum absolute atomic E-state index is 9.27. The zero-order valence-electron chi connectivity index (χ0n) is 9.65. The predicted octanol–water partition coefficient (Wildman–Crippen LogP) is 3.37. The molecule has 18 heavy (non-hydrogen) atoms. The van der Waals surface area contributed by atoms with E-state index in [4.69, 9.17) is 0 Å². The van der Waals surface area contributed by atoms with Crippen molar-refractivity contribution >= 4 is 11.3 Å². The summed E-state index contributed by atoms with van der Waals surface area (Å²) in [6, 6.07) is 11.4. The van der Waals surface area contributed by atoms with Gasteiger partial charge in [-0.15, -0.1) is 11.3 Å². The van der Waals surface area contributed by atoms with Crippen molar-refractivity contribution in [2.24, 2.45) is 0 Å². The quantitative estimate of drug-likeness (QED) is 0.780. The van der Waals surface area contributed by atoms with Crippen LogP contribution in [0.4, 0.5) is 0 Å². The van der Waals surface area contributed by atoms with E-state index in [0.717, 1.165) is 17.9 Å². The third-order valence-electron chi connectivity index (χ3n) is 2.75. The van der Waals surface area contributed by atoms with Gasteiger partial charge < -0.3 is 9.67 Å². The summed E-state index contributed by atoms with van der Waals surface area (Å²) in [6.07, 6.45) is 3.79. The molecule has 2 aromatic heterocycles. The van der Waals surface area contributed by atoms with Gasteiger partial charge in [-0.1, -0.05) is 18.2 Å². The Morgan fingerprint density at radius 2 is 2.00 bits per heavy atom. The fraction of sp³-hybridized carbons (Fsp3) is 0.0714. The van der Waals surface area contributed by atoms with E-state index in [9.17, 15) is 5.11 Å². The molecular weight excluding hydrogens is 244 g/mol. The summed E-state index contributed by atoms with van der Waals surface area (Å²) in [7, 11) is 0. The van der Waals surface area contributed by atoms with Crippen molar-refractivity contribution in [3.05, 3.63) is 59.7 Å². The number of hydrogen-bond donors (Lipinski definition) is 1. The first-order valence-electron chi connectivity index (χ1n) is 5.66. The Morgan fingerprint density at radius 3 is 2.72 bits per heavy atom. The topological polar surface area (TPSA) is 38.0 Å². The van der Waals surface area contributed by atoms with Crippen LogP contribution in [-0.4, -0.2) is 14.7 Å². The summed E-state index contributed by atoms with van der Waals surface area (Å²) >= 11 is 1.68. The SMILES string of the molecule is Oc1ccc(Cn2ccnc2-c2cccs2)cc1. The van der Waals surface area contributed by atoms with E-state index < -0.39 is 0 Å². The minimum absolute atomic E-state index is 0.294. The molecule has 0 spiro atoms. The molecule has 0 radical (unpaired) electrons. The van der Waals surface area contributed by atoms with Gasteiger partial charge in [-0.25, -0.2) is 4.98 Å². The normalized spacial score (nSPS) is 10.7. The van der Waals surface area contributed by atoms with E-state index in [1.54, 1.807) is 23.5 Å². The molecule has 0 unspecified atom stereocenters. The van der Waals surface area contributed by atoms with Gasteiger partial charge in [0, 0.05) is 18.9 Å². The van der Waals surface area contributed by atoms with Crippen LogP contribution in [0.25, 0.3) is 10.7 Å². The van der Waals surface area contributed by atoms with E-state index in [2.05, 4.69) is 21.0 Å². The number of benzene rings is 1. The molecule has 0 amide bonds. The second-order valence-electron chi connectivity index (χ2n) is 4.02. The minimum atomic E-state index is 0.294. The molecule has 0 atom stereocenters. The monoisotopic (exact) mass is 256 g/mol. The van der Waals surface area contributed by atoms with Crippen LogP contribution < -0.4 is 0 Å². The number of aromatic nitrogens is 2. The van der Waals surface area contributed by atoms with Crippen LogP contribution >= 0.6 is 11.3 Å². The zero-order valence-corrected chi connectivity index (χ0v) is 10.5. The molecule has 2 heterocycles. The molecular formula is C14H12N2OS. The molecule has 90 valence electrons. The van der Waals surface area contributed by atoms with E-state index in [1.165, 1.54) is 4.88 Å². The van der Waals surface area contributed by atoms with Gasteiger partial charge in [-0.3, -0.25) is 0 Å². The maximum atomic E-state index is 9.27. The number of nitrogens with zero attached hydrogens (tertiary/aromatic N) is 2. The molecule has 0 bridgehead atoms. The fourth-order valence-electron chi connectivity index (χ4n) is 1.87. The Hall–Kier alpha value is -2.07. The highest BCUT2D eigenvalue weighted by Crippen LogP contribution is 2.23. The molecule has 3 rings (SSSR count). The third-order valence-corrected chi connectivity index (χ3v) is 3.61. The van der Waals surface area contributed by atoms with Crippen LogP contribution in [0.2, 0.25) is 0 Å². The number of aromatic hydroxyl groups is 1. The number of rotatable bonds is 3. The first kappa shape index (κ1) is 11.0. The van der Waals surface area contributed by atoms with Crippen molar-refractivity contribution in [2.75, 3.05) is 0 Å². The van der Waals surface area contributed by atoms with Crippen LogP contribution in [-0.2, 0) is 6.54 Å². The summed E-state index contributed by atoms with van der Waals surface area (Å²) in [5.41, 5.74) is 1.14. The Kier molecular flexibility index (Phi) is 2.86. The van der Waals surface area contributed by atoms with Gasteiger partial charge in [-0.05, 0) is 29.1 Å². The highest BCUT2D eigenvalue weighted by atomic mass is 32.1. The van der Waals surface area contributed by atoms with Gasteiger partial charge >= 0.3 is 0 Å². The van der Waals surface area contributed by atoms with Crippen LogP contribution in [0.5, 0.6) is 5.75 Å². The minimum Gasteiger partial charge on any atom is -0.508 e. The molecule has 0 saturated heterocycles. The van der Waals surface area contributed by atoms with Crippen molar-refractivity contribution < 1.29 is 5.11 Å². The largest absolute Gasteiger partial charge is 0.508 e. The highest BCUT2D eigenvalue weighted by molar-refractivity contribution is 7.13. The molecule has 0 aliphatic carbocycles. The molecule has 4 heteroatoms. The van der Waals surface area contributed by atoms with E-state index in [1.807, 2.05) is 30.6 Å². The van der Waals surface area contributed by atoms with Crippen molar-refractivity contribution in [1.82, 2.24) is 9.55 Å². The Morgan fingerprint density at radius 1 is 1.17 bits per heavy atom. The Bertz CT molecular complexity index is 626. The first-order chi connectivity index (χ1) is 8.83. The number of phenols is 1. The van der Waals surface area contributed by atoms with Crippen molar-refractivity contribution in [3.8, 4) is 16.5 Å². The second-order valence-corrected chi connectivity index (χ2v) is 4.97. The van der Waals surface area contributed by atoms with Gasteiger partial charge in [0.1, 0.15) is 11.6 Å². The first-order valence-corrected chi connectivity index (χ1v) is 6.54. The van der Waals surface area contributed by atoms with Crippen molar-refractivity contribution in [2.45, 2.75) is 6.54 Å². The Labute approximate surface area is 109 Å². The maximum Gasteiger partial charge on any atom is 0.150 e. The molecule has 3 aromatic rings. The van der Waals surface area contributed by atoms with Gasteiger partial charge in [0.05, 0.1) is 4.88 Å².